The zero-order valence-electron chi connectivity index (χ0n) is 16.3. The van der Waals surface area contributed by atoms with Gasteiger partial charge in [-0.1, -0.05) is 42.5 Å². The minimum atomic E-state index is 0.551. The molecule has 7 heteroatoms. The van der Waals surface area contributed by atoms with Gasteiger partial charge >= 0.3 is 0 Å². The maximum atomic E-state index is 5.78. The van der Waals surface area contributed by atoms with E-state index in [4.69, 9.17) is 4.74 Å². The SMILES string of the molecule is CCNC(=NCc1ccc(COc2ccccc2)cc1)NCc1ncnn1C. The van der Waals surface area contributed by atoms with E-state index >= 15 is 0 Å². The van der Waals surface area contributed by atoms with Crippen molar-refractivity contribution in [1.29, 1.82) is 0 Å². The third-order valence-electron chi connectivity index (χ3n) is 4.15. The fourth-order valence-electron chi connectivity index (χ4n) is 2.58. The maximum absolute atomic E-state index is 5.78. The topological polar surface area (TPSA) is 76.4 Å². The number of hydrogen-bond donors (Lipinski definition) is 2. The van der Waals surface area contributed by atoms with Crippen LogP contribution in [-0.2, 0) is 26.7 Å². The minimum Gasteiger partial charge on any atom is -0.489 e. The van der Waals surface area contributed by atoms with Crippen molar-refractivity contribution in [2.75, 3.05) is 6.54 Å². The largest absolute Gasteiger partial charge is 0.489 e. The molecule has 2 aromatic carbocycles. The summed E-state index contributed by atoms with van der Waals surface area (Å²) in [7, 11) is 1.87. The Kier molecular flexibility index (Phi) is 7.01. The number of guanidine groups is 1. The van der Waals surface area contributed by atoms with Crippen molar-refractivity contribution in [1.82, 2.24) is 25.4 Å². The highest BCUT2D eigenvalue weighted by Crippen LogP contribution is 2.12. The number of rotatable bonds is 8. The highest BCUT2D eigenvalue weighted by atomic mass is 16.5. The summed E-state index contributed by atoms with van der Waals surface area (Å²) < 4.78 is 7.52. The van der Waals surface area contributed by atoms with Crippen LogP contribution in [0.4, 0.5) is 0 Å². The van der Waals surface area contributed by atoms with Gasteiger partial charge in [0.2, 0.25) is 0 Å². The molecule has 28 heavy (non-hydrogen) atoms. The summed E-state index contributed by atoms with van der Waals surface area (Å²) in [6.07, 6.45) is 1.55. The Labute approximate surface area is 165 Å². The van der Waals surface area contributed by atoms with Crippen molar-refractivity contribution in [2.24, 2.45) is 12.0 Å². The standard InChI is InChI=1S/C21H26N6O/c1-3-22-21(24-14-20-25-16-26-27(20)2)23-13-17-9-11-18(12-10-17)15-28-19-7-5-4-6-8-19/h4-12,16H,3,13-15H2,1-2H3,(H2,22,23,24). The number of nitrogens with zero attached hydrogens (tertiary/aromatic N) is 4. The smallest absolute Gasteiger partial charge is 0.191 e. The molecule has 0 unspecified atom stereocenters. The average Bonchev–Trinajstić information content (AvgIpc) is 3.15. The number of aromatic nitrogens is 3. The number of para-hydroxylation sites is 1. The number of aliphatic imine (C=N–C) groups is 1. The molecule has 0 aliphatic rings. The molecule has 0 aliphatic heterocycles. The van der Waals surface area contributed by atoms with E-state index in [2.05, 4.69) is 50.0 Å². The first-order valence-electron chi connectivity index (χ1n) is 9.35. The average molecular weight is 378 g/mol. The molecule has 1 heterocycles. The molecule has 7 nitrogen and oxygen atoms in total. The second-order valence-corrected chi connectivity index (χ2v) is 6.27. The summed E-state index contributed by atoms with van der Waals surface area (Å²) in [5, 5.41) is 10.6. The Hall–Kier alpha value is -3.35. The van der Waals surface area contributed by atoms with E-state index < -0.39 is 0 Å². The van der Waals surface area contributed by atoms with Crippen LogP contribution in [0.1, 0.15) is 23.9 Å². The van der Waals surface area contributed by atoms with Gasteiger partial charge in [0, 0.05) is 13.6 Å². The molecule has 0 spiro atoms. The molecule has 0 amide bonds. The van der Waals surface area contributed by atoms with Crippen LogP contribution in [0.25, 0.3) is 0 Å². The summed E-state index contributed by atoms with van der Waals surface area (Å²) in [6, 6.07) is 18.2. The summed E-state index contributed by atoms with van der Waals surface area (Å²) in [5.41, 5.74) is 2.27. The van der Waals surface area contributed by atoms with E-state index in [0.717, 1.165) is 35.2 Å². The van der Waals surface area contributed by atoms with Crippen molar-refractivity contribution >= 4 is 5.96 Å². The van der Waals surface area contributed by atoms with Crippen molar-refractivity contribution in [2.45, 2.75) is 26.6 Å². The highest BCUT2D eigenvalue weighted by molar-refractivity contribution is 5.79. The lowest BCUT2D eigenvalue weighted by Crippen LogP contribution is -2.37. The monoisotopic (exact) mass is 378 g/mol. The van der Waals surface area contributed by atoms with Gasteiger partial charge in [-0.25, -0.2) is 9.98 Å². The van der Waals surface area contributed by atoms with E-state index in [-0.39, 0.29) is 0 Å². The van der Waals surface area contributed by atoms with E-state index in [9.17, 15) is 0 Å². The molecular weight excluding hydrogens is 352 g/mol. The number of hydrogen-bond acceptors (Lipinski definition) is 4. The Balaban J connectivity index is 1.52. The second kappa shape index (κ2) is 10.1. The zero-order valence-corrected chi connectivity index (χ0v) is 16.3. The predicted octanol–water partition coefficient (Wildman–Crippen LogP) is 2.65. The lowest BCUT2D eigenvalue weighted by atomic mass is 10.1. The van der Waals surface area contributed by atoms with Gasteiger partial charge in [0.25, 0.3) is 0 Å². The van der Waals surface area contributed by atoms with Crippen LogP contribution in [0, 0.1) is 0 Å². The van der Waals surface area contributed by atoms with Gasteiger partial charge in [-0.3, -0.25) is 4.68 Å². The van der Waals surface area contributed by atoms with Crippen molar-refractivity contribution in [3.63, 3.8) is 0 Å². The van der Waals surface area contributed by atoms with Crippen LogP contribution in [0.3, 0.4) is 0 Å². The number of ether oxygens (including phenoxy) is 1. The van der Waals surface area contributed by atoms with Gasteiger partial charge in [-0.05, 0) is 30.2 Å². The Bertz CT molecular complexity index is 873. The number of nitrogens with one attached hydrogen (secondary N) is 2. The third kappa shape index (κ3) is 5.84. The van der Waals surface area contributed by atoms with Crippen LogP contribution in [-0.4, -0.2) is 27.3 Å². The first-order chi connectivity index (χ1) is 13.7. The molecule has 3 aromatic rings. The first kappa shape index (κ1) is 19.4. The Morgan fingerprint density at radius 1 is 1.04 bits per heavy atom. The van der Waals surface area contributed by atoms with E-state index in [1.54, 1.807) is 11.0 Å². The molecule has 3 rings (SSSR count). The number of aryl methyl sites for hydroxylation is 1. The van der Waals surface area contributed by atoms with Crippen molar-refractivity contribution in [3.8, 4) is 5.75 Å². The van der Waals surface area contributed by atoms with Crippen LogP contribution in [0.2, 0.25) is 0 Å². The Morgan fingerprint density at radius 3 is 2.46 bits per heavy atom. The molecule has 0 aliphatic carbocycles. The summed E-state index contributed by atoms with van der Waals surface area (Å²) >= 11 is 0. The molecule has 0 fully saturated rings. The summed E-state index contributed by atoms with van der Waals surface area (Å²) in [4.78, 5) is 8.85. The quantitative estimate of drug-likeness (QED) is 0.466. The molecule has 0 radical (unpaired) electrons. The molecule has 2 N–H and O–H groups in total. The van der Waals surface area contributed by atoms with Crippen LogP contribution < -0.4 is 15.4 Å². The fraction of sp³-hybridized carbons (Fsp3) is 0.286. The van der Waals surface area contributed by atoms with Gasteiger partial charge in [0.1, 0.15) is 24.5 Å². The van der Waals surface area contributed by atoms with Crippen LogP contribution in [0.5, 0.6) is 5.75 Å². The summed E-state index contributed by atoms with van der Waals surface area (Å²) in [5.74, 6) is 2.48. The van der Waals surface area contributed by atoms with Gasteiger partial charge in [-0.15, -0.1) is 0 Å². The predicted molar refractivity (Wildman–Crippen MR) is 110 cm³/mol. The highest BCUT2D eigenvalue weighted by Gasteiger charge is 2.03. The van der Waals surface area contributed by atoms with Crippen LogP contribution in [0.15, 0.2) is 65.9 Å². The molecule has 146 valence electrons. The lowest BCUT2D eigenvalue weighted by molar-refractivity contribution is 0.306. The van der Waals surface area contributed by atoms with E-state index in [1.165, 1.54) is 0 Å². The normalized spacial score (nSPS) is 11.3. The second-order valence-electron chi connectivity index (χ2n) is 6.27. The number of benzene rings is 2. The van der Waals surface area contributed by atoms with Gasteiger partial charge in [0.15, 0.2) is 5.96 Å². The fourth-order valence-corrected chi connectivity index (χ4v) is 2.58. The van der Waals surface area contributed by atoms with Gasteiger partial charge in [-0.2, -0.15) is 5.10 Å². The molecule has 0 atom stereocenters. The molecule has 0 saturated carbocycles. The van der Waals surface area contributed by atoms with Crippen LogP contribution >= 0.6 is 0 Å². The van der Waals surface area contributed by atoms with Gasteiger partial charge < -0.3 is 15.4 Å². The molecular formula is C21H26N6O. The van der Waals surface area contributed by atoms with Crippen molar-refractivity contribution in [3.05, 3.63) is 77.9 Å². The lowest BCUT2D eigenvalue weighted by Gasteiger charge is -2.11. The van der Waals surface area contributed by atoms with Crippen molar-refractivity contribution < 1.29 is 4.74 Å². The van der Waals surface area contributed by atoms with Gasteiger partial charge in [0.05, 0.1) is 13.1 Å². The summed E-state index contributed by atoms with van der Waals surface area (Å²) in [6.45, 7) is 4.54. The molecule has 0 saturated heterocycles. The molecule has 0 bridgehead atoms. The zero-order chi connectivity index (χ0) is 19.6. The maximum Gasteiger partial charge on any atom is 0.191 e. The minimum absolute atomic E-state index is 0.551. The molecule has 1 aromatic heterocycles. The first-order valence-corrected chi connectivity index (χ1v) is 9.35. The third-order valence-corrected chi connectivity index (χ3v) is 4.15. The Morgan fingerprint density at radius 2 is 1.79 bits per heavy atom. The van der Waals surface area contributed by atoms with E-state index in [1.807, 2.05) is 44.3 Å². The van der Waals surface area contributed by atoms with E-state index in [0.29, 0.717) is 19.7 Å².